The summed E-state index contributed by atoms with van der Waals surface area (Å²) in [5, 5.41) is 5.44. The van der Waals surface area contributed by atoms with Crippen molar-refractivity contribution in [2.24, 2.45) is 0 Å². The fourth-order valence-electron chi connectivity index (χ4n) is 3.33. The van der Waals surface area contributed by atoms with Crippen molar-refractivity contribution in [3.8, 4) is 0 Å². The quantitative estimate of drug-likeness (QED) is 0.330. The molecule has 0 atom stereocenters. The summed E-state index contributed by atoms with van der Waals surface area (Å²) in [4.78, 5) is 24.9. The first-order valence-electron chi connectivity index (χ1n) is 10.7. The SMILES string of the molecule is Cc1cccc(NS(=O)(=O)c2ccc(C)c(NC(=O)c3ccc(NC(=O)c4ccco4)cc3)c2)c1. The van der Waals surface area contributed by atoms with E-state index in [-0.39, 0.29) is 10.7 Å². The molecule has 4 aromatic rings. The fraction of sp³-hybridized carbons (Fsp3) is 0.0769. The molecule has 35 heavy (non-hydrogen) atoms. The molecule has 0 saturated carbocycles. The Hall–Kier alpha value is -4.37. The molecule has 0 radical (unpaired) electrons. The van der Waals surface area contributed by atoms with E-state index >= 15 is 0 Å². The molecule has 4 rings (SSSR count). The number of hydrogen-bond donors (Lipinski definition) is 3. The molecular formula is C26H23N3O5S. The number of carbonyl (C=O) groups excluding carboxylic acids is 2. The maximum Gasteiger partial charge on any atom is 0.291 e. The fourth-order valence-corrected chi connectivity index (χ4v) is 4.40. The second-order valence-corrected chi connectivity index (χ2v) is 9.60. The van der Waals surface area contributed by atoms with Crippen molar-refractivity contribution in [3.63, 3.8) is 0 Å². The molecule has 2 amide bonds. The van der Waals surface area contributed by atoms with Crippen molar-refractivity contribution in [2.45, 2.75) is 18.7 Å². The molecule has 9 heteroatoms. The van der Waals surface area contributed by atoms with Crippen LogP contribution >= 0.6 is 0 Å². The summed E-state index contributed by atoms with van der Waals surface area (Å²) in [7, 11) is -3.85. The van der Waals surface area contributed by atoms with Gasteiger partial charge in [0.2, 0.25) is 0 Å². The van der Waals surface area contributed by atoms with Crippen LogP contribution in [-0.4, -0.2) is 20.2 Å². The maximum atomic E-state index is 12.9. The number of carbonyl (C=O) groups is 2. The van der Waals surface area contributed by atoms with E-state index in [4.69, 9.17) is 4.42 Å². The van der Waals surface area contributed by atoms with Crippen molar-refractivity contribution in [1.82, 2.24) is 0 Å². The van der Waals surface area contributed by atoms with Crippen LogP contribution in [0.25, 0.3) is 0 Å². The van der Waals surface area contributed by atoms with Gasteiger partial charge in [-0.05, 0) is 85.6 Å². The van der Waals surface area contributed by atoms with Crippen LogP contribution in [0.2, 0.25) is 0 Å². The Morgan fingerprint density at radius 1 is 0.771 bits per heavy atom. The molecule has 1 aromatic heterocycles. The molecule has 1 heterocycles. The zero-order valence-electron chi connectivity index (χ0n) is 19.0. The second kappa shape index (κ2) is 9.86. The van der Waals surface area contributed by atoms with E-state index in [1.54, 1.807) is 67.6 Å². The van der Waals surface area contributed by atoms with Crippen LogP contribution in [0.15, 0.2) is 94.4 Å². The molecule has 0 bridgehead atoms. The Labute approximate surface area is 203 Å². The van der Waals surface area contributed by atoms with Gasteiger partial charge in [-0.2, -0.15) is 0 Å². The molecule has 0 spiro atoms. The van der Waals surface area contributed by atoms with E-state index in [0.717, 1.165) is 5.56 Å². The Morgan fingerprint density at radius 2 is 1.54 bits per heavy atom. The van der Waals surface area contributed by atoms with Gasteiger partial charge in [-0.25, -0.2) is 8.42 Å². The van der Waals surface area contributed by atoms with E-state index in [0.29, 0.717) is 28.2 Å². The summed E-state index contributed by atoms with van der Waals surface area (Å²) in [6.07, 6.45) is 1.41. The summed E-state index contributed by atoms with van der Waals surface area (Å²) < 4.78 is 33.4. The van der Waals surface area contributed by atoms with E-state index in [1.165, 1.54) is 18.4 Å². The van der Waals surface area contributed by atoms with Crippen LogP contribution < -0.4 is 15.4 Å². The second-order valence-electron chi connectivity index (χ2n) is 7.91. The van der Waals surface area contributed by atoms with Crippen molar-refractivity contribution in [1.29, 1.82) is 0 Å². The molecule has 3 aromatic carbocycles. The first kappa shape index (κ1) is 23.8. The van der Waals surface area contributed by atoms with Crippen molar-refractivity contribution in [3.05, 3.63) is 108 Å². The lowest BCUT2D eigenvalue weighted by atomic mass is 10.1. The predicted molar refractivity (Wildman–Crippen MR) is 134 cm³/mol. The molecular weight excluding hydrogens is 466 g/mol. The van der Waals surface area contributed by atoms with Gasteiger partial charge >= 0.3 is 0 Å². The van der Waals surface area contributed by atoms with Crippen LogP contribution in [0.5, 0.6) is 0 Å². The van der Waals surface area contributed by atoms with Gasteiger partial charge in [-0.1, -0.05) is 18.2 Å². The minimum absolute atomic E-state index is 0.0240. The highest BCUT2D eigenvalue weighted by atomic mass is 32.2. The molecule has 0 aliphatic carbocycles. The zero-order chi connectivity index (χ0) is 25.0. The lowest BCUT2D eigenvalue weighted by Crippen LogP contribution is -2.16. The third-order valence-corrected chi connectivity index (χ3v) is 6.57. The Morgan fingerprint density at radius 3 is 2.23 bits per heavy atom. The minimum Gasteiger partial charge on any atom is -0.459 e. The smallest absolute Gasteiger partial charge is 0.291 e. The summed E-state index contributed by atoms with van der Waals surface area (Å²) >= 11 is 0. The molecule has 0 aliphatic rings. The molecule has 0 aliphatic heterocycles. The predicted octanol–water partition coefficient (Wildman–Crippen LogP) is 5.20. The molecule has 0 unspecified atom stereocenters. The largest absolute Gasteiger partial charge is 0.459 e. The number of sulfonamides is 1. The van der Waals surface area contributed by atoms with Crippen LogP contribution in [0.3, 0.4) is 0 Å². The molecule has 0 fully saturated rings. The van der Waals surface area contributed by atoms with E-state index in [1.807, 2.05) is 13.0 Å². The lowest BCUT2D eigenvalue weighted by molar-refractivity contribution is 0.0995. The zero-order valence-corrected chi connectivity index (χ0v) is 19.8. The monoisotopic (exact) mass is 489 g/mol. The summed E-state index contributed by atoms with van der Waals surface area (Å²) in [6.45, 7) is 3.64. The van der Waals surface area contributed by atoms with Gasteiger partial charge in [-0.15, -0.1) is 0 Å². The summed E-state index contributed by atoms with van der Waals surface area (Å²) in [5.41, 5.74) is 3.29. The summed E-state index contributed by atoms with van der Waals surface area (Å²) in [6, 6.07) is 21.0. The number of aryl methyl sites for hydroxylation is 2. The number of hydrogen-bond acceptors (Lipinski definition) is 5. The molecule has 8 nitrogen and oxygen atoms in total. The lowest BCUT2D eigenvalue weighted by Gasteiger charge is -2.13. The Bertz CT molecular complexity index is 1480. The number of anilines is 3. The van der Waals surface area contributed by atoms with Crippen molar-refractivity contribution in [2.75, 3.05) is 15.4 Å². The van der Waals surface area contributed by atoms with Gasteiger partial charge in [0.05, 0.1) is 11.2 Å². The Kier molecular flexibility index (Phi) is 6.70. The third kappa shape index (κ3) is 5.77. The van der Waals surface area contributed by atoms with Crippen molar-refractivity contribution >= 4 is 38.9 Å². The van der Waals surface area contributed by atoms with Crippen molar-refractivity contribution < 1.29 is 22.4 Å². The van der Waals surface area contributed by atoms with Crippen LogP contribution in [0.4, 0.5) is 17.1 Å². The standard InChI is InChI=1S/C26H23N3O5S/c1-17-5-3-6-21(15-17)29-35(32,33)22-13-8-18(2)23(16-22)28-25(30)19-9-11-20(12-10-19)27-26(31)24-7-4-14-34-24/h3-16,29H,1-2H3,(H,27,31)(H,28,30). The maximum absolute atomic E-state index is 12.9. The van der Waals surface area contributed by atoms with Gasteiger partial charge in [0.25, 0.3) is 21.8 Å². The molecule has 3 N–H and O–H groups in total. The van der Waals surface area contributed by atoms with E-state index < -0.39 is 21.8 Å². The highest BCUT2D eigenvalue weighted by molar-refractivity contribution is 7.92. The van der Waals surface area contributed by atoms with Crippen LogP contribution in [0.1, 0.15) is 32.0 Å². The topological polar surface area (TPSA) is 118 Å². The van der Waals surface area contributed by atoms with Crippen LogP contribution in [-0.2, 0) is 10.0 Å². The number of nitrogens with one attached hydrogen (secondary N) is 3. The number of amides is 2. The first-order chi connectivity index (χ1) is 16.7. The summed E-state index contributed by atoms with van der Waals surface area (Å²) in [5.74, 6) is -0.646. The number of furan rings is 1. The highest BCUT2D eigenvalue weighted by Gasteiger charge is 2.17. The highest BCUT2D eigenvalue weighted by Crippen LogP contribution is 2.24. The molecule has 0 saturated heterocycles. The number of benzene rings is 3. The van der Waals surface area contributed by atoms with E-state index in [2.05, 4.69) is 15.4 Å². The third-order valence-electron chi connectivity index (χ3n) is 5.19. The minimum atomic E-state index is -3.85. The van der Waals surface area contributed by atoms with Gasteiger partial charge in [0.1, 0.15) is 0 Å². The normalized spacial score (nSPS) is 11.0. The van der Waals surface area contributed by atoms with E-state index in [9.17, 15) is 18.0 Å². The molecule has 178 valence electrons. The van der Waals surface area contributed by atoms with Gasteiger partial charge in [-0.3, -0.25) is 14.3 Å². The Balaban J connectivity index is 1.47. The van der Waals surface area contributed by atoms with Crippen LogP contribution in [0, 0.1) is 13.8 Å². The average Bonchev–Trinajstić information content (AvgIpc) is 3.36. The number of rotatable bonds is 7. The van der Waals surface area contributed by atoms with Gasteiger partial charge in [0.15, 0.2) is 5.76 Å². The van der Waals surface area contributed by atoms with Gasteiger partial charge < -0.3 is 15.1 Å². The first-order valence-corrected chi connectivity index (χ1v) is 12.2. The van der Waals surface area contributed by atoms with Gasteiger partial charge in [0, 0.05) is 22.6 Å². The average molecular weight is 490 g/mol.